The minimum atomic E-state index is -3.38. The minimum Gasteiger partial charge on any atom is -0.482 e. The average Bonchev–Trinajstić information content (AvgIpc) is 2.60. The Labute approximate surface area is 147 Å². The van der Waals surface area contributed by atoms with Gasteiger partial charge in [-0.3, -0.25) is 0 Å². The lowest BCUT2D eigenvalue weighted by Crippen LogP contribution is -2.14. The van der Waals surface area contributed by atoms with Crippen LogP contribution in [0.1, 0.15) is 5.56 Å². The summed E-state index contributed by atoms with van der Waals surface area (Å²) in [5.41, 5.74) is 7.71. The highest BCUT2D eigenvalue weighted by Gasteiger charge is 2.16. The van der Waals surface area contributed by atoms with Gasteiger partial charge < -0.3 is 15.2 Å². The second kappa shape index (κ2) is 8.13. The largest absolute Gasteiger partial charge is 0.482 e. The van der Waals surface area contributed by atoms with Crippen LogP contribution < -0.4 is 10.5 Å². The molecule has 0 spiro atoms. The number of benzene rings is 2. The van der Waals surface area contributed by atoms with E-state index in [0.29, 0.717) is 29.8 Å². The molecule has 0 amide bonds. The maximum atomic E-state index is 12.0. The van der Waals surface area contributed by atoms with Crippen LogP contribution in [0.3, 0.4) is 0 Å². The molecule has 0 unspecified atom stereocenters. The number of sulfone groups is 1. The van der Waals surface area contributed by atoms with Crippen LogP contribution in [0.15, 0.2) is 47.4 Å². The van der Waals surface area contributed by atoms with E-state index in [9.17, 15) is 13.2 Å². The topological polar surface area (TPSA) is 95.7 Å². The smallest absolute Gasteiger partial charge is 0.343 e. The summed E-state index contributed by atoms with van der Waals surface area (Å²) in [6.45, 7) is 0.194. The monoisotopic (exact) mass is 363 g/mol. The third kappa shape index (κ3) is 4.80. The molecule has 0 saturated carbocycles. The highest BCUT2D eigenvalue weighted by atomic mass is 32.2. The first-order valence-electron chi connectivity index (χ1n) is 7.69. The summed E-state index contributed by atoms with van der Waals surface area (Å²) in [5.74, 6) is -0.0164. The molecule has 0 aromatic heterocycles. The Morgan fingerprint density at radius 3 is 2.52 bits per heavy atom. The summed E-state index contributed by atoms with van der Waals surface area (Å²) < 4.78 is 34.2. The predicted molar refractivity (Wildman–Crippen MR) is 95.3 cm³/mol. The number of rotatable bonds is 7. The molecule has 0 aliphatic carbocycles. The highest BCUT2D eigenvalue weighted by molar-refractivity contribution is 7.90. The van der Waals surface area contributed by atoms with Gasteiger partial charge in [-0.25, -0.2) is 13.2 Å². The molecule has 134 valence electrons. The number of nitrogens with two attached hydrogens (primary N) is 1. The van der Waals surface area contributed by atoms with Crippen molar-refractivity contribution in [2.75, 3.05) is 26.5 Å². The van der Waals surface area contributed by atoms with E-state index >= 15 is 0 Å². The molecule has 25 heavy (non-hydrogen) atoms. The van der Waals surface area contributed by atoms with E-state index in [1.165, 1.54) is 13.4 Å². The normalized spacial score (nSPS) is 11.2. The minimum absolute atomic E-state index is 0.231. The van der Waals surface area contributed by atoms with Gasteiger partial charge >= 0.3 is 5.97 Å². The summed E-state index contributed by atoms with van der Waals surface area (Å²) in [5, 5.41) is 0. The number of hydrogen-bond acceptors (Lipinski definition) is 6. The van der Waals surface area contributed by atoms with Gasteiger partial charge in [0.1, 0.15) is 5.75 Å². The van der Waals surface area contributed by atoms with Crippen molar-refractivity contribution in [1.29, 1.82) is 0 Å². The maximum absolute atomic E-state index is 12.0. The second-order valence-electron chi connectivity index (χ2n) is 5.49. The van der Waals surface area contributed by atoms with E-state index in [1.807, 2.05) is 12.1 Å². The van der Waals surface area contributed by atoms with Crippen LogP contribution in [0.25, 0.3) is 11.1 Å². The van der Waals surface area contributed by atoms with Gasteiger partial charge in [-0.2, -0.15) is 0 Å². The zero-order valence-electron chi connectivity index (χ0n) is 14.2. The van der Waals surface area contributed by atoms with Gasteiger partial charge in [0.2, 0.25) is 0 Å². The molecule has 0 aliphatic rings. The van der Waals surface area contributed by atoms with E-state index in [2.05, 4.69) is 4.74 Å². The molecule has 2 aromatic carbocycles. The van der Waals surface area contributed by atoms with Gasteiger partial charge in [0.05, 0.1) is 12.0 Å². The van der Waals surface area contributed by atoms with Gasteiger partial charge in [0, 0.05) is 11.8 Å². The molecule has 0 aliphatic heterocycles. The molecular weight excluding hydrogens is 342 g/mol. The Morgan fingerprint density at radius 2 is 1.88 bits per heavy atom. The highest BCUT2D eigenvalue weighted by Crippen LogP contribution is 2.32. The third-order valence-electron chi connectivity index (χ3n) is 3.65. The van der Waals surface area contributed by atoms with Gasteiger partial charge in [0.25, 0.3) is 0 Å². The molecular formula is C18H21NO5S. The van der Waals surface area contributed by atoms with Crippen LogP contribution in [0.4, 0.5) is 0 Å². The maximum Gasteiger partial charge on any atom is 0.343 e. The van der Waals surface area contributed by atoms with E-state index in [4.69, 9.17) is 10.5 Å². The number of carbonyl (C=O) groups excluding carboxylic acids is 1. The van der Waals surface area contributed by atoms with Gasteiger partial charge in [-0.15, -0.1) is 0 Å². The lowest BCUT2D eigenvalue weighted by Gasteiger charge is -2.14. The number of carbonyl (C=O) groups is 1. The Bertz CT molecular complexity index is 862. The van der Waals surface area contributed by atoms with Crippen molar-refractivity contribution in [3.05, 3.63) is 48.0 Å². The van der Waals surface area contributed by atoms with E-state index in [1.54, 1.807) is 30.3 Å². The molecule has 0 bridgehead atoms. The summed E-state index contributed by atoms with van der Waals surface area (Å²) in [6, 6.07) is 12.1. The fourth-order valence-corrected chi connectivity index (χ4v) is 3.35. The molecule has 0 radical (unpaired) electrons. The fourth-order valence-electron chi connectivity index (χ4n) is 2.44. The molecule has 0 fully saturated rings. The van der Waals surface area contributed by atoms with Crippen molar-refractivity contribution >= 4 is 15.8 Å². The summed E-state index contributed by atoms with van der Waals surface area (Å²) in [7, 11) is -2.10. The summed E-state index contributed by atoms with van der Waals surface area (Å²) in [4.78, 5) is 11.6. The van der Waals surface area contributed by atoms with Crippen LogP contribution in [0.5, 0.6) is 5.75 Å². The Hall–Kier alpha value is -2.38. The van der Waals surface area contributed by atoms with Gasteiger partial charge in [0.15, 0.2) is 16.4 Å². The fraction of sp³-hybridized carbons (Fsp3) is 0.278. The van der Waals surface area contributed by atoms with Gasteiger partial charge in [-0.1, -0.05) is 30.3 Å². The molecule has 0 saturated heterocycles. The zero-order valence-corrected chi connectivity index (χ0v) is 15.0. The SMILES string of the molecule is COC(=O)COc1cc(-c2ccccc2S(C)(=O)=O)ccc1CCN. The van der Waals surface area contributed by atoms with Crippen LogP contribution >= 0.6 is 0 Å². The van der Waals surface area contributed by atoms with Crippen LogP contribution in [0.2, 0.25) is 0 Å². The second-order valence-corrected chi connectivity index (χ2v) is 7.48. The number of esters is 1. The number of methoxy groups -OCH3 is 1. The van der Waals surface area contributed by atoms with Crippen molar-refractivity contribution in [3.8, 4) is 16.9 Å². The third-order valence-corrected chi connectivity index (χ3v) is 4.81. The molecule has 2 aromatic rings. The van der Waals surface area contributed by atoms with Crippen molar-refractivity contribution in [2.24, 2.45) is 5.73 Å². The first-order valence-corrected chi connectivity index (χ1v) is 9.58. The quantitative estimate of drug-likeness (QED) is 0.754. The standard InChI is InChI=1S/C18H21NO5S/c1-23-18(20)12-24-16-11-14(8-7-13(16)9-10-19)15-5-3-4-6-17(15)25(2,21)22/h3-8,11H,9-10,12,19H2,1-2H3. The molecule has 7 heteroatoms. The van der Waals surface area contributed by atoms with E-state index in [-0.39, 0.29) is 11.5 Å². The predicted octanol–water partition coefficient (Wildman–Crippen LogP) is 1.81. The van der Waals surface area contributed by atoms with Crippen molar-refractivity contribution < 1.29 is 22.7 Å². The Kier molecular flexibility index (Phi) is 6.17. The number of hydrogen-bond donors (Lipinski definition) is 1. The molecule has 2 N–H and O–H groups in total. The molecule has 2 rings (SSSR count). The van der Waals surface area contributed by atoms with Crippen LogP contribution in [-0.2, 0) is 25.8 Å². The van der Waals surface area contributed by atoms with Crippen LogP contribution in [0, 0.1) is 0 Å². The van der Waals surface area contributed by atoms with E-state index in [0.717, 1.165) is 5.56 Å². The van der Waals surface area contributed by atoms with Gasteiger partial charge in [-0.05, 0) is 36.2 Å². The first kappa shape index (κ1) is 19.0. The Balaban J connectivity index is 2.48. The Morgan fingerprint density at radius 1 is 1.16 bits per heavy atom. The van der Waals surface area contributed by atoms with Crippen LogP contribution in [-0.4, -0.2) is 40.9 Å². The lowest BCUT2D eigenvalue weighted by molar-refractivity contribution is -0.142. The molecule has 6 nitrogen and oxygen atoms in total. The average molecular weight is 363 g/mol. The number of ether oxygens (including phenoxy) is 2. The lowest BCUT2D eigenvalue weighted by atomic mass is 10.0. The first-order chi connectivity index (χ1) is 11.9. The summed E-state index contributed by atoms with van der Waals surface area (Å²) >= 11 is 0. The van der Waals surface area contributed by atoms with Crippen molar-refractivity contribution in [2.45, 2.75) is 11.3 Å². The van der Waals surface area contributed by atoms with Crippen molar-refractivity contribution in [1.82, 2.24) is 0 Å². The van der Waals surface area contributed by atoms with E-state index < -0.39 is 15.8 Å². The zero-order chi connectivity index (χ0) is 18.4. The molecule has 0 atom stereocenters. The molecule has 0 heterocycles. The van der Waals surface area contributed by atoms with Crippen molar-refractivity contribution in [3.63, 3.8) is 0 Å². The summed E-state index contributed by atoms with van der Waals surface area (Å²) in [6.07, 6.45) is 1.74.